The van der Waals surface area contributed by atoms with Gasteiger partial charge < -0.3 is 20.1 Å². The third-order valence-corrected chi connectivity index (χ3v) is 3.31. The molecule has 27 heavy (non-hydrogen) atoms. The fourth-order valence-corrected chi connectivity index (χ4v) is 2.10. The highest BCUT2D eigenvalue weighted by molar-refractivity contribution is 5.90. The predicted octanol–water partition coefficient (Wildman–Crippen LogP) is 3.92. The molecular weight excluding hydrogens is 361 g/mol. The van der Waals surface area contributed by atoms with Crippen LogP contribution in [-0.2, 0) is 6.18 Å². The van der Waals surface area contributed by atoms with E-state index in [1.165, 1.54) is 25.3 Å². The van der Waals surface area contributed by atoms with E-state index in [0.29, 0.717) is 11.5 Å². The first-order valence-electron chi connectivity index (χ1n) is 7.84. The molecule has 0 bridgehead atoms. The molecule has 0 aliphatic heterocycles. The maximum Gasteiger partial charge on any atom is 0.418 e. The molecule has 0 aliphatic carbocycles. The Bertz CT molecular complexity index is 842. The number of halogens is 3. The molecule has 2 amide bonds. The van der Waals surface area contributed by atoms with Crippen molar-refractivity contribution in [3.05, 3.63) is 54.1 Å². The highest BCUT2D eigenvalue weighted by Gasteiger charge is 2.33. The molecule has 0 atom stereocenters. The first-order valence-corrected chi connectivity index (χ1v) is 7.84. The maximum atomic E-state index is 12.9. The molecule has 0 radical (unpaired) electrons. The van der Waals surface area contributed by atoms with Gasteiger partial charge in [-0.2, -0.15) is 13.2 Å². The van der Waals surface area contributed by atoms with Crippen LogP contribution in [0, 0.1) is 11.8 Å². The average molecular weight is 378 g/mol. The van der Waals surface area contributed by atoms with Crippen molar-refractivity contribution in [1.29, 1.82) is 0 Å². The van der Waals surface area contributed by atoms with Crippen molar-refractivity contribution in [3.63, 3.8) is 0 Å². The van der Waals surface area contributed by atoms with E-state index < -0.39 is 17.8 Å². The quantitative estimate of drug-likeness (QED) is 0.776. The Hall–Kier alpha value is -3.34. The van der Waals surface area contributed by atoms with Crippen molar-refractivity contribution in [3.8, 4) is 23.3 Å². The third-order valence-electron chi connectivity index (χ3n) is 3.31. The summed E-state index contributed by atoms with van der Waals surface area (Å²) in [7, 11) is 1.52. The van der Waals surface area contributed by atoms with Gasteiger partial charge in [0.05, 0.1) is 24.9 Å². The van der Waals surface area contributed by atoms with E-state index in [9.17, 15) is 18.0 Å². The van der Waals surface area contributed by atoms with Gasteiger partial charge in [-0.25, -0.2) is 4.79 Å². The Morgan fingerprint density at radius 2 is 1.70 bits per heavy atom. The first kappa shape index (κ1) is 20.0. The number of para-hydroxylation sites is 3. The van der Waals surface area contributed by atoms with Crippen LogP contribution in [0.25, 0.3) is 0 Å². The van der Waals surface area contributed by atoms with Crippen LogP contribution >= 0.6 is 0 Å². The summed E-state index contributed by atoms with van der Waals surface area (Å²) < 4.78 is 49.2. The van der Waals surface area contributed by atoms with Crippen LogP contribution in [0.2, 0.25) is 0 Å². The van der Waals surface area contributed by atoms with Gasteiger partial charge in [0.1, 0.15) is 6.61 Å². The van der Waals surface area contributed by atoms with E-state index in [-0.39, 0.29) is 18.8 Å². The molecule has 8 heteroatoms. The number of hydrogen-bond acceptors (Lipinski definition) is 3. The highest BCUT2D eigenvalue weighted by Crippen LogP contribution is 2.34. The molecule has 2 aromatic carbocycles. The van der Waals surface area contributed by atoms with E-state index >= 15 is 0 Å². The van der Waals surface area contributed by atoms with Crippen molar-refractivity contribution in [1.82, 2.24) is 5.32 Å². The van der Waals surface area contributed by atoms with E-state index in [2.05, 4.69) is 22.5 Å². The van der Waals surface area contributed by atoms with Crippen LogP contribution in [0.5, 0.6) is 11.5 Å². The lowest BCUT2D eigenvalue weighted by atomic mass is 10.1. The predicted molar refractivity (Wildman–Crippen MR) is 94.7 cm³/mol. The molecule has 0 aliphatic rings. The zero-order valence-electron chi connectivity index (χ0n) is 14.4. The minimum absolute atomic E-state index is 0.0463. The third kappa shape index (κ3) is 6.15. The molecule has 0 fully saturated rings. The monoisotopic (exact) mass is 378 g/mol. The van der Waals surface area contributed by atoms with Gasteiger partial charge in [0.2, 0.25) is 0 Å². The van der Waals surface area contributed by atoms with Crippen LogP contribution < -0.4 is 20.1 Å². The summed E-state index contributed by atoms with van der Waals surface area (Å²) in [6.45, 7) is 0.0237. The van der Waals surface area contributed by atoms with Crippen LogP contribution in [0.15, 0.2) is 48.5 Å². The molecule has 0 saturated heterocycles. The van der Waals surface area contributed by atoms with Gasteiger partial charge in [-0.3, -0.25) is 0 Å². The van der Waals surface area contributed by atoms with Crippen LogP contribution in [0.4, 0.5) is 23.7 Å². The smallest absolute Gasteiger partial charge is 0.418 e. The first-order chi connectivity index (χ1) is 12.9. The number of ether oxygens (including phenoxy) is 2. The zero-order chi connectivity index (χ0) is 19.7. The van der Waals surface area contributed by atoms with Crippen LogP contribution in [-0.4, -0.2) is 26.3 Å². The number of benzene rings is 2. The number of urea groups is 1. The molecule has 0 heterocycles. The molecule has 0 unspecified atom stereocenters. The van der Waals surface area contributed by atoms with Crippen LogP contribution in [0.1, 0.15) is 5.56 Å². The molecule has 0 aromatic heterocycles. The van der Waals surface area contributed by atoms with Gasteiger partial charge in [-0.05, 0) is 24.3 Å². The largest absolute Gasteiger partial charge is 0.493 e. The number of carbonyl (C=O) groups excluding carboxylic acids is 1. The number of hydrogen-bond donors (Lipinski definition) is 2. The summed E-state index contributed by atoms with van der Waals surface area (Å²) in [5.74, 6) is 6.44. The molecule has 2 N–H and O–H groups in total. The molecule has 2 rings (SSSR count). The van der Waals surface area contributed by atoms with Gasteiger partial charge >= 0.3 is 12.2 Å². The van der Waals surface area contributed by atoms with Gasteiger partial charge in [0.25, 0.3) is 0 Å². The molecule has 5 nitrogen and oxygen atoms in total. The van der Waals surface area contributed by atoms with E-state index in [1.54, 1.807) is 24.3 Å². The fraction of sp³-hybridized carbons (Fsp3) is 0.211. The fourth-order valence-electron chi connectivity index (χ4n) is 2.10. The van der Waals surface area contributed by atoms with Crippen molar-refractivity contribution in [2.75, 3.05) is 25.6 Å². The standard InChI is InChI=1S/C19H17F3N2O3/c1-26-16-10-4-5-11-17(16)27-13-7-6-12-23-18(25)24-15-9-3-2-8-14(15)19(20,21)22/h2-5,8-11H,12-13H2,1H3,(H2,23,24,25). The second kappa shape index (κ2) is 9.38. The number of alkyl halides is 3. The van der Waals surface area contributed by atoms with E-state index in [0.717, 1.165) is 6.07 Å². The highest BCUT2D eigenvalue weighted by atomic mass is 19.4. The number of nitrogens with one attached hydrogen (secondary N) is 2. The van der Waals surface area contributed by atoms with Gasteiger partial charge in [-0.15, -0.1) is 0 Å². The lowest BCUT2D eigenvalue weighted by Crippen LogP contribution is -2.30. The van der Waals surface area contributed by atoms with Crippen molar-refractivity contribution >= 4 is 11.7 Å². The Morgan fingerprint density at radius 1 is 1.04 bits per heavy atom. The van der Waals surface area contributed by atoms with Crippen LogP contribution in [0.3, 0.4) is 0 Å². The Labute approximate surface area is 154 Å². The van der Waals surface area contributed by atoms with Gasteiger partial charge in [0, 0.05) is 0 Å². The normalized spacial score (nSPS) is 10.4. The summed E-state index contributed by atoms with van der Waals surface area (Å²) in [6, 6.07) is 11.0. The second-order valence-corrected chi connectivity index (χ2v) is 5.14. The zero-order valence-corrected chi connectivity index (χ0v) is 14.4. The Kier molecular flexibility index (Phi) is 6.94. The number of carbonyl (C=O) groups is 1. The lowest BCUT2D eigenvalue weighted by molar-refractivity contribution is -0.136. The number of rotatable bonds is 5. The number of anilines is 1. The molecule has 0 saturated carbocycles. The molecule has 142 valence electrons. The van der Waals surface area contributed by atoms with Gasteiger partial charge in [0.15, 0.2) is 11.5 Å². The summed E-state index contributed by atoms with van der Waals surface area (Å²) in [4.78, 5) is 11.7. The Balaban J connectivity index is 1.80. The molecule has 2 aromatic rings. The van der Waals surface area contributed by atoms with E-state index in [1.807, 2.05) is 0 Å². The summed E-state index contributed by atoms with van der Waals surface area (Å²) in [5.41, 5.74) is -1.24. The summed E-state index contributed by atoms with van der Waals surface area (Å²) in [5, 5.41) is 4.52. The topological polar surface area (TPSA) is 59.6 Å². The Morgan fingerprint density at radius 3 is 2.41 bits per heavy atom. The summed E-state index contributed by atoms with van der Waals surface area (Å²) >= 11 is 0. The van der Waals surface area contributed by atoms with Gasteiger partial charge in [-0.1, -0.05) is 36.1 Å². The number of amides is 2. The van der Waals surface area contributed by atoms with Crippen molar-refractivity contribution in [2.24, 2.45) is 0 Å². The SMILES string of the molecule is COc1ccccc1OCC#CCNC(=O)Nc1ccccc1C(F)(F)F. The molecular formula is C19H17F3N2O3. The van der Waals surface area contributed by atoms with Crippen molar-refractivity contribution in [2.45, 2.75) is 6.18 Å². The second-order valence-electron chi connectivity index (χ2n) is 5.14. The maximum absolute atomic E-state index is 12.9. The minimum atomic E-state index is -4.56. The average Bonchev–Trinajstić information content (AvgIpc) is 2.64. The number of methoxy groups -OCH3 is 1. The lowest BCUT2D eigenvalue weighted by Gasteiger charge is -2.13. The minimum Gasteiger partial charge on any atom is -0.493 e. The van der Waals surface area contributed by atoms with Crippen molar-refractivity contribution < 1.29 is 27.4 Å². The molecule has 0 spiro atoms. The van der Waals surface area contributed by atoms with E-state index in [4.69, 9.17) is 9.47 Å². The summed E-state index contributed by atoms with van der Waals surface area (Å²) in [6.07, 6.45) is -4.56.